The Morgan fingerprint density at radius 3 is 2.70 bits per heavy atom. The van der Waals surface area contributed by atoms with E-state index in [0.717, 1.165) is 42.6 Å². The van der Waals surface area contributed by atoms with Gasteiger partial charge in [-0.25, -0.2) is 14.8 Å². The Bertz CT molecular complexity index is 1340. The lowest BCUT2D eigenvalue weighted by Crippen LogP contribution is -2.59. The van der Waals surface area contributed by atoms with Crippen LogP contribution < -0.4 is 10.6 Å². The van der Waals surface area contributed by atoms with Crippen molar-refractivity contribution in [3.8, 4) is 11.3 Å². The Balaban J connectivity index is 1.26. The first-order valence-electron chi connectivity index (χ1n) is 14.1. The highest BCUT2D eigenvalue weighted by Crippen LogP contribution is 2.32. The van der Waals surface area contributed by atoms with Gasteiger partial charge in [-0.1, -0.05) is 18.6 Å². The molecule has 3 aromatic rings. The van der Waals surface area contributed by atoms with E-state index >= 15 is 0 Å². The van der Waals surface area contributed by atoms with Gasteiger partial charge in [-0.15, -0.1) is 0 Å². The van der Waals surface area contributed by atoms with Gasteiger partial charge in [0.2, 0.25) is 5.95 Å². The van der Waals surface area contributed by atoms with Gasteiger partial charge in [-0.05, 0) is 77.1 Å². The number of aryl methyl sites for hydroxylation is 1. The molecule has 2 aromatic heterocycles. The van der Waals surface area contributed by atoms with Gasteiger partial charge in [0.15, 0.2) is 0 Å². The Hall–Kier alpha value is -3.50. The first-order chi connectivity index (χ1) is 18.9. The average molecular weight is 548 g/mol. The first-order valence-corrected chi connectivity index (χ1v) is 14.1. The third-order valence-corrected chi connectivity index (χ3v) is 7.05. The van der Waals surface area contributed by atoms with E-state index in [9.17, 15) is 9.90 Å². The topological polar surface area (TPSA) is 117 Å². The summed E-state index contributed by atoms with van der Waals surface area (Å²) in [6.45, 7) is 11.3. The second-order valence-corrected chi connectivity index (χ2v) is 12.5. The van der Waals surface area contributed by atoms with Crippen LogP contribution in [-0.4, -0.2) is 66.2 Å². The quantitative estimate of drug-likeness (QED) is 0.363. The van der Waals surface area contributed by atoms with Crippen LogP contribution in [0.4, 0.5) is 16.4 Å². The van der Waals surface area contributed by atoms with Crippen molar-refractivity contribution in [1.82, 2.24) is 30.0 Å². The minimum atomic E-state index is -0.855. The van der Waals surface area contributed by atoms with E-state index in [4.69, 9.17) is 9.72 Å². The zero-order chi connectivity index (χ0) is 28.5. The van der Waals surface area contributed by atoms with Crippen molar-refractivity contribution in [3.63, 3.8) is 0 Å². The number of hydrogen-bond acceptors (Lipinski definition) is 7. The summed E-state index contributed by atoms with van der Waals surface area (Å²) in [4.78, 5) is 23.9. The molecule has 214 valence electrons. The van der Waals surface area contributed by atoms with Crippen molar-refractivity contribution in [2.45, 2.75) is 90.2 Å². The summed E-state index contributed by atoms with van der Waals surface area (Å²) in [5.74, 6) is 0.476. The summed E-state index contributed by atoms with van der Waals surface area (Å²) in [6.07, 6.45) is 9.40. The number of benzene rings is 1. The van der Waals surface area contributed by atoms with Gasteiger partial charge in [0.1, 0.15) is 0 Å². The molecule has 1 fully saturated rings. The van der Waals surface area contributed by atoms with Gasteiger partial charge < -0.3 is 25.4 Å². The molecule has 10 nitrogen and oxygen atoms in total. The molecule has 1 unspecified atom stereocenters. The van der Waals surface area contributed by atoms with Crippen LogP contribution in [0.3, 0.4) is 0 Å². The number of fused-ring (bicyclic) bond motifs is 1. The van der Waals surface area contributed by atoms with Crippen LogP contribution in [0.25, 0.3) is 11.3 Å². The molecule has 5 rings (SSSR count). The maximum absolute atomic E-state index is 13.0. The van der Waals surface area contributed by atoms with Crippen LogP contribution in [0.2, 0.25) is 0 Å². The predicted molar refractivity (Wildman–Crippen MR) is 154 cm³/mol. The van der Waals surface area contributed by atoms with Gasteiger partial charge in [0, 0.05) is 18.0 Å². The lowest BCUT2D eigenvalue weighted by molar-refractivity contribution is -0.111. The molecule has 2 aliphatic rings. The van der Waals surface area contributed by atoms with E-state index in [2.05, 4.69) is 38.9 Å². The molecule has 2 amide bonds. The molecule has 0 spiro atoms. The van der Waals surface area contributed by atoms with E-state index in [1.54, 1.807) is 30.9 Å². The number of aromatic nitrogens is 4. The number of nitrogens with one attached hydrogen (secondary N) is 2. The molecule has 0 saturated carbocycles. The van der Waals surface area contributed by atoms with Crippen molar-refractivity contribution in [3.05, 3.63) is 54.0 Å². The second kappa shape index (κ2) is 11.2. The van der Waals surface area contributed by atoms with Crippen molar-refractivity contribution in [1.29, 1.82) is 0 Å². The van der Waals surface area contributed by atoms with E-state index in [0.29, 0.717) is 25.6 Å². The van der Waals surface area contributed by atoms with Crippen LogP contribution in [0.15, 0.2) is 42.9 Å². The fourth-order valence-corrected chi connectivity index (χ4v) is 5.33. The van der Waals surface area contributed by atoms with Gasteiger partial charge in [-0.2, -0.15) is 5.10 Å². The summed E-state index contributed by atoms with van der Waals surface area (Å²) in [7, 11) is 0. The third kappa shape index (κ3) is 7.17. The van der Waals surface area contributed by atoms with Crippen molar-refractivity contribution >= 4 is 17.7 Å². The smallest absolute Gasteiger partial charge is 0.318 e. The Morgan fingerprint density at radius 1 is 1.15 bits per heavy atom. The Kier molecular flexibility index (Phi) is 7.83. The van der Waals surface area contributed by atoms with Crippen LogP contribution in [0.5, 0.6) is 0 Å². The summed E-state index contributed by atoms with van der Waals surface area (Å²) in [6, 6.07) is 8.29. The monoisotopic (exact) mass is 547 g/mol. The number of carbonyl (C=O) groups is 1. The molecule has 0 radical (unpaired) electrons. The number of hydrogen-bond donors (Lipinski definition) is 3. The lowest BCUT2D eigenvalue weighted by Gasteiger charge is -2.42. The number of anilines is 2. The number of amides is 2. The minimum Gasteiger partial charge on any atom is -0.389 e. The van der Waals surface area contributed by atoms with Crippen LogP contribution in [0.1, 0.15) is 71.0 Å². The molecule has 0 bridgehead atoms. The SMILES string of the molecule is CC(C)(O)Cn1cc(Nc2nccc(-c3ccc4c(c3)CCCCC4NC(=O)N3CC(OC(C)(C)C)C3)n2)cn1. The minimum absolute atomic E-state index is 0.00954. The number of ether oxygens (including phenoxy) is 1. The van der Waals surface area contributed by atoms with Crippen molar-refractivity contribution < 1.29 is 14.6 Å². The Labute approximate surface area is 236 Å². The molecule has 1 aliphatic heterocycles. The van der Waals surface area contributed by atoms with Crippen molar-refractivity contribution in [2.75, 3.05) is 18.4 Å². The van der Waals surface area contributed by atoms with Gasteiger partial charge in [0.25, 0.3) is 0 Å². The molecule has 1 aliphatic carbocycles. The zero-order valence-electron chi connectivity index (χ0n) is 24.1. The molecule has 3 heterocycles. The lowest BCUT2D eigenvalue weighted by atomic mass is 9.95. The molecule has 1 atom stereocenters. The standard InChI is InChI=1S/C30H41N7O3/c1-29(2,3)40-23-17-36(18-23)28(38)35-26-9-7-6-8-20-14-21(10-11-24(20)26)25-12-13-31-27(34-25)33-22-15-32-37(16-22)19-30(4,5)39/h10-16,23,26,39H,6-9,17-19H2,1-5H3,(H,35,38)(H,31,33,34). The predicted octanol–water partition coefficient (Wildman–Crippen LogP) is 4.83. The zero-order valence-corrected chi connectivity index (χ0v) is 24.1. The van der Waals surface area contributed by atoms with Gasteiger partial charge >= 0.3 is 6.03 Å². The maximum atomic E-state index is 13.0. The molecule has 1 saturated heterocycles. The highest BCUT2D eigenvalue weighted by Gasteiger charge is 2.35. The van der Waals surface area contributed by atoms with Crippen LogP contribution in [-0.2, 0) is 17.7 Å². The molecule has 10 heteroatoms. The molecular formula is C30H41N7O3. The van der Waals surface area contributed by atoms with Gasteiger partial charge in [-0.3, -0.25) is 4.68 Å². The Morgan fingerprint density at radius 2 is 1.95 bits per heavy atom. The summed E-state index contributed by atoms with van der Waals surface area (Å²) in [5, 5.41) is 20.8. The van der Waals surface area contributed by atoms with E-state index < -0.39 is 5.60 Å². The number of likely N-dealkylation sites (tertiary alicyclic amines) is 1. The maximum Gasteiger partial charge on any atom is 0.318 e. The number of carbonyl (C=O) groups excluding carboxylic acids is 1. The van der Waals surface area contributed by atoms with E-state index in [-0.39, 0.29) is 23.8 Å². The number of rotatable bonds is 7. The first kappa shape index (κ1) is 28.0. The highest BCUT2D eigenvalue weighted by molar-refractivity contribution is 5.76. The largest absolute Gasteiger partial charge is 0.389 e. The summed E-state index contributed by atoms with van der Waals surface area (Å²) >= 11 is 0. The number of nitrogens with zero attached hydrogens (tertiary/aromatic N) is 5. The molecular weight excluding hydrogens is 506 g/mol. The molecule has 40 heavy (non-hydrogen) atoms. The summed E-state index contributed by atoms with van der Waals surface area (Å²) in [5.41, 5.74) is 3.96. The third-order valence-electron chi connectivity index (χ3n) is 7.05. The van der Waals surface area contributed by atoms with Gasteiger partial charge in [0.05, 0.1) is 60.6 Å². The highest BCUT2D eigenvalue weighted by atomic mass is 16.5. The molecule has 1 aromatic carbocycles. The van der Waals surface area contributed by atoms with Crippen LogP contribution >= 0.6 is 0 Å². The fraction of sp³-hybridized carbons (Fsp3) is 0.533. The fourth-order valence-electron chi connectivity index (χ4n) is 5.33. The average Bonchev–Trinajstić information content (AvgIpc) is 3.16. The second-order valence-electron chi connectivity index (χ2n) is 12.5. The normalized spacial score (nSPS) is 18.1. The van der Waals surface area contributed by atoms with E-state index in [1.165, 1.54) is 11.1 Å². The number of aliphatic hydroxyl groups is 1. The van der Waals surface area contributed by atoms with E-state index in [1.807, 2.05) is 37.9 Å². The number of urea groups is 1. The summed E-state index contributed by atoms with van der Waals surface area (Å²) < 4.78 is 7.67. The molecule has 3 N–H and O–H groups in total. The van der Waals surface area contributed by atoms with Crippen molar-refractivity contribution in [2.24, 2.45) is 0 Å². The van der Waals surface area contributed by atoms with Crippen LogP contribution in [0, 0.1) is 0 Å².